The van der Waals surface area contributed by atoms with Crippen LogP contribution >= 0.6 is 0 Å². The van der Waals surface area contributed by atoms with Gasteiger partial charge in [-0.25, -0.2) is 0 Å². The molecule has 0 aliphatic rings. The molecule has 1 aromatic carbocycles. The smallest absolute Gasteiger partial charge is 0.276 e. The highest BCUT2D eigenvalue weighted by molar-refractivity contribution is 5.55. The number of likely N-dealkylation sites (N-methyl/N-ethyl adjacent to an activating group) is 1. The minimum absolute atomic E-state index is 0.0230. The number of nitro benzene ring substituents is 1. The fourth-order valence-electron chi connectivity index (χ4n) is 1.93. The molecule has 0 aliphatic carbocycles. The van der Waals surface area contributed by atoms with E-state index in [0.29, 0.717) is 17.1 Å². The van der Waals surface area contributed by atoms with Gasteiger partial charge in [0.1, 0.15) is 0 Å². The number of nitro groups is 1. The van der Waals surface area contributed by atoms with Gasteiger partial charge < -0.3 is 14.8 Å². The number of nitrogens with one attached hydrogen (secondary N) is 1. The molecule has 2 atom stereocenters. The molecule has 0 aliphatic heterocycles. The first-order valence-electron chi connectivity index (χ1n) is 6.03. The monoisotopic (exact) mass is 268 g/mol. The van der Waals surface area contributed by atoms with E-state index in [2.05, 4.69) is 5.32 Å². The van der Waals surface area contributed by atoms with E-state index in [9.17, 15) is 10.1 Å². The molecule has 106 valence electrons. The fourth-order valence-corrected chi connectivity index (χ4v) is 1.93. The van der Waals surface area contributed by atoms with E-state index in [1.54, 1.807) is 6.07 Å². The largest absolute Gasteiger partial charge is 0.493 e. The van der Waals surface area contributed by atoms with Crippen molar-refractivity contribution in [2.45, 2.75) is 25.8 Å². The van der Waals surface area contributed by atoms with Gasteiger partial charge in [0.15, 0.2) is 11.5 Å². The zero-order valence-electron chi connectivity index (χ0n) is 11.9. The molecule has 0 fully saturated rings. The second kappa shape index (κ2) is 6.38. The van der Waals surface area contributed by atoms with Crippen LogP contribution in [0.5, 0.6) is 11.5 Å². The molecule has 0 heterocycles. The lowest BCUT2D eigenvalue weighted by molar-refractivity contribution is -0.385. The van der Waals surface area contributed by atoms with Crippen molar-refractivity contribution < 1.29 is 14.4 Å². The van der Waals surface area contributed by atoms with Crippen molar-refractivity contribution in [1.29, 1.82) is 0 Å². The summed E-state index contributed by atoms with van der Waals surface area (Å²) in [6.45, 7) is 3.92. The number of nitrogens with zero attached hydrogens (tertiary/aromatic N) is 1. The Morgan fingerprint density at radius 1 is 1.21 bits per heavy atom. The molecule has 0 aromatic heterocycles. The van der Waals surface area contributed by atoms with Gasteiger partial charge in [0.25, 0.3) is 5.69 Å². The first-order valence-corrected chi connectivity index (χ1v) is 6.03. The lowest BCUT2D eigenvalue weighted by Crippen LogP contribution is -2.27. The summed E-state index contributed by atoms with van der Waals surface area (Å²) in [5.74, 6) is 0.839. The van der Waals surface area contributed by atoms with Gasteiger partial charge in [-0.3, -0.25) is 10.1 Å². The predicted octanol–water partition coefficient (Wildman–Crippen LogP) is 2.32. The summed E-state index contributed by atoms with van der Waals surface area (Å²) in [6, 6.07) is 3.19. The van der Waals surface area contributed by atoms with Crippen LogP contribution < -0.4 is 14.8 Å². The van der Waals surface area contributed by atoms with E-state index in [1.165, 1.54) is 20.3 Å². The van der Waals surface area contributed by atoms with Crippen molar-refractivity contribution >= 4 is 5.69 Å². The molecule has 2 unspecified atom stereocenters. The molecule has 0 saturated carbocycles. The Morgan fingerprint density at radius 2 is 1.74 bits per heavy atom. The Labute approximate surface area is 112 Å². The minimum atomic E-state index is -0.393. The van der Waals surface area contributed by atoms with E-state index in [1.807, 2.05) is 20.9 Å². The molecular formula is C13H20N2O4. The van der Waals surface area contributed by atoms with Gasteiger partial charge in [0, 0.05) is 17.5 Å². The highest BCUT2D eigenvalue weighted by Crippen LogP contribution is 2.38. The summed E-state index contributed by atoms with van der Waals surface area (Å²) in [5, 5.41) is 14.3. The van der Waals surface area contributed by atoms with Crippen LogP contribution in [-0.4, -0.2) is 32.2 Å². The molecule has 1 N–H and O–H groups in total. The lowest BCUT2D eigenvalue weighted by Gasteiger charge is -2.20. The van der Waals surface area contributed by atoms with E-state index in [-0.39, 0.29) is 17.6 Å². The van der Waals surface area contributed by atoms with Gasteiger partial charge in [-0.1, -0.05) is 6.92 Å². The number of hydrogen-bond donors (Lipinski definition) is 1. The Bertz CT molecular complexity index is 462. The van der Waals surface area contributed by atoms with Gasteiger partial charge in [-0.15, -0.1) is 0 Å². The first kappa shape index (κ1) is 15.2. The van der Waals surface area contributed by atoms with Gasteiger partial charge >= 0.3 is 0 Å². The summed E-state index contributed by atoms with van der Waals surface area (Å²) in [6.07, 6.45) is 0. The normalized spacial score (nSPS) is 13.7. The zero-order chi connectivity index (χ0) is 14.6. The number of ether oxygens (including phenoxy) is 2. The molecule has 19 heavy (non-hydrogen) atoms. The van der Waals surface area contributed by atoms with Gasteiger partial charge in [-0.2, -0.15) is 0 Å². The van der Waals surface area contributed by atoms with Crippen molar-refractivity contribution in [1.82, 2.24) is 5.32 Å². The third-order valence-electron chi connectivity index (χ3n) is 3.43. The zero-order valence-corrected chi connectivity index (χ0v) is 11.9. The molecule has 0 saturated heterocycles. The topological polar surface area (TPSA) is 73.6 Å². The predicted molar refractivity (Wildman–Crippen MR) is 73.1 cm³/mol. The Morgan fingerprint density at radius 3 is 2.16 bits per heavy atom. The van der Waals surface area contributed by atoms with Crippen LogP contribution in [0.3, 0.4) is 0 Å². The van der Waals surface area contributed by atoms with E-state index >= 15 is 0 Å². The number of methoxy groups -OCH3 is 2. The molecule has 6 heteroatoms. The third-order valence-corrected chi connectivity index (χ3v) is 3.43. The van der Waals surface area contributed by atoms with Crippen LogP contribution in [0.1, 0.15) is 25.3 Å². The van der Waals surface area contributed by atoms with Crippen LogP contribution in [0.2, 0.25) is 0 Å². The molecule has 1 rings (SSSR count). The summed E-state index contributed by atoms with van der Waals surface area (Å²) < 4.78 is 10.3. The SMILES string of the molecule is CNC(C)C(C)c1cc(OC)c(OC)cc1[N+](=O)[O-]. The standard InChI is InChI=1S/C13H20N2O4/c1-8(9(2)14-3)10-6-12(18-4)13(19-5)7-11(10)15(16)17/h6-9,14H,1-5H3. The van der Waals surface area contributed by atoms with E-state index in [0.717, 1.165) is 0 Å². The quantitative estimate of drug-likeness (QED) is 0.633. The second-order valence-electron chi connectivity index (χ2n) is 4.39. The summed E-state index contributed by atoms with van der Waals surface area (Å²) >= 11 is 0. The molecule has 0 spiro atoms. The Kier molecular flexibility index (Phi) is 5.11. The average molecular weight is 268 g/mol. The van der Waals surface area contributed by atoms with Crippen molar-refractivity contribution in [3.63, 3.8) is 0 Å². The first-order chi connectivity index (χ1) is 8.96. The maximum absolute atomic E-state index is 11.2. The number of rotatable bonds is 6. The molecule has 6 nitrogen and oxygen atoms in total. The van der Waals surface area contributed by atoms with Crippen LogP contribution in [0.15, 0.2) is 12.1 Å². The Hall–Kier alpha value is -1.82. The maximum Gasteiger partial charge on any atom is 0.276 e. The number of benzene rings is 1. The maximum atomic E-state index is 11.2. The highest BCUT2D eigenvalue weighted by Gasteiger charge is 2.25. The molecule has 0 amide bonds. The molecule has 0 radical (unpaired) electrons. The van der Waals surface area contributed by atoms with Crippen LogP contribution in [-0.2, 0) is 0 Å². The summed E-state index contributed by atoms with van der Waals surface area (Å²) in [4.78, 5) is 10.8. The average Bonchev–Trinajstić information content (AvgIpc) is 2.43. The van der Waals surface area contributed by atoms with Crippen molar-refractivity contribution in [3.8, 4) is 11.5 Å². The number of hydrogen-bond acceptors (Lipinski definition) is 5. The van der Waals surface area contributed by atoms with Gasteiger partial charge in [-0.05, 0) is 20.0 Å². The minimum Gasteiger partial charge on any atom is -0.493 e. The highest BCUT2D eigenvalue weighted by atomic mass is 16.6. The van der Waals surface area contributed by atoms with Crippen LogP contribution in [0, 0.1) is 10.1 Å². The Balaban J connectivity index is 3.39. The van der Waals surface area contributed by atoms with Gasteiger partial charge in [0.05, 0.1) is 25.2 Å². The van der Waals surface area contributed by atoms with Crippen molar-refractivity contribution in [3.05, 3.63) is 27.8 Å². The van der Waals surface area contributed by atoms with Gasteiger partial charge in [0.2, 0.25) is 0 Å². The van der Waals surface area contributed by atoms with E-state index in [4.69, 9.17) is 9.47 Å². The molecule has 0 bridgehead atoms. The van der Waals surface area contributed by atoms with Crippen molar-refractivity contribution in [2.24, 2.45) is 0 Å². The van der Waals surface area contributed by atoms with Crippen LogP contribution in [0.25, 0.3) is 0 Å². The molecule has 1 aromatic rings. The van der Waals surface area contributed by atoms with E-state index < -0.39 is 4.92 Å². The second-order valence-corrected chi connectivity index (χ2v) is 4.39. The summed E-state index contributed by atoms with van der Waals surface area (Å²) in [5.41, 5.74) is 0.678. The summed E-state index contributed by atoms with van der Waals surface area (Å²) in [7, 11) is 4.80. The molecular weight excluding hydrogens is 248 g/mol. The lowest BCUT2D eigenvalue weighted by atomic mass is 9.92. The third kappa shape index (κ3) is 3.14. The van der Waals surface area contributed by atoms with Crippen molar-refractivity contribution in [2.75, 3.05) is 21.3 Å². The fraction of sp³-hybridized carbons (Fsp3) is 0.538. The van der Waals surface area contributed by atoms with Crippen LogP contribution in [0.4, 0.5) is 5.69 Å².